The minimum absolute atomic E-state index is 0.00534. The van der Waals surface area contributed by atoms with Crippen LogP contribution < -0.4 is 5.32 Å². The molecule has 0 bridgehead atoms. The molecule has 7 heteroatoms. The van der Waals surface area contributed by atoms with Gasteiger partial charge in [0, 0.05) is 24.7 Å². The molecule has 7 nitrogen and oxygen atoms in total. The van der Waals surface area contributed by atoms with Crippen LogP contribution in [0.15, 0.2) is 30.3 Å². The molecular formula is C26H40N4O3. The van der Waals surface area contributed by atoms with Crippen LogP contribution in [0.3, 0.4) is 0 Å². The summed E-state index contributed by atoms with van der Waals surface area (Å²) in [5, 5.41) is 12.0. The van der Waals surface area contributed by atoms with Crippen LogP contribution in [0.25, 0.3) is 0 Å². The van der Waals surface area contributed by atoms with Gasteiger partial charge in [-0.25, -0.2) is 4.79 Å². The zero-order chi connectivity index (χ0) is 23.6. The van der Waals surface area contributed by atoms with Gasteiger partial charge < -0.3 is 20.2 Å². The summed E-state index contributed by atoms with van der Waals surface area (Å²) < 4.78 is 0. The number of hydrogen-bond acceptors (Lipinski definition) is 4. The zero-order valence-electron chi connectivity index (χ0n) is 20.4. The van der Waals surface area contributed by atoms with E-state index in [0.29, 0.717) is 12.5 Å². The first kappa shape index (κ1) is 24.0. The largest absolute Gasteiger partial charge is 0.394 e. The predicted octanol–water partition coefficient (Wildman–Crippen LogP) is 2.79. The van der Waals surface area contributed by atoms with Gasteiger partial charge in [0.05, 0.1) is 12.1 Å². The van der Waals surface area contributed by atoms with Gasteiger partial charge in [0.2, 0.25) is 5.91 Å². The normalized spacial score (nSPS) is 28.9. The molecule has 2 aliphatic carbocycles. The first-order valence-corrected chi connectivity index (χ1v) is 12.5. The third-order valence-electron chi connectivity index (χ3n) is 8.42. The fourth-order valence-corrected chi connectivity index (χ4v) is 6.05. The molecule has 3 fully saturated rings. The molecule has 1 atom stereocenters. The first-order chi connectivity index (χ1) is 15.8. The Morgan fingerprint density at radius 3 is 2.39 bits per heavy atom. The van der Waals surface area contributed by atoms with E-state index >= 15 is 0 Å². The van der Waals surface area contributed by atoms with E-state index in [0.717, 1.165) is 32.2 Å². The highest BCUT2D eigenvalue weighted by molar-refractivity contribution is 5.86. The number of aliphatic hydroxyl groups excluding tert-OH is 1. The molecule has 1 saturated heterocycles. The Bertz CT molecular complexity index is 831. The topological polar surface area (TPSA) is 76.1 Å². The number of benzene rings is 1. The predicted molar refractivity (Wildman–Crippen MR) is 129 cm³/mol. The summed E-state index contributed by atoms with van der Waals surface area (Å²) in [6, 6.07) is 10.4. The summed E-state index contributed by atoms with van der Waals surface area (Å²) in [5.74, 6) is 0.386. The number of urea groups is 1. The van der Waals surface area contributed by atoms with Crippen molar-refractivity contribution in [1.29, 1.82) is 0 Å². The van der Waals surface area contributed by atoms with Gasteiger partial charge in [-0.3, -0.25) is 9.69 Å². The van der Waals surface area contributed by atoms with Crippen molar-refractivity contribution in [1.82, 2.24) is 20.0 Å². The molecule has 1 heterocycles. The Labute approximate surface area is 198 Å². The molecule has 182 valence electrons. The third-order valence-corrected chi connectivity index (χ3v) is 8.42. The molecular weight excluding hydrogens is 416 g/mol. The molecule has 1 spiro atoms. The van der Waals surface area contributed by atoms with Crippen molar-refractivity contribution in [2.24, 2.45) is 5.92 Å². The monoisotopic (exact) mass is 456 g/mol. The van der Waals surface area contributed by atoms with Crippen molar-refractivity contribution in [3.05, 3.63) is 35.9 Å². The first-order valence-electron chi connectivity index (χ1n) is 12.5. The van der Waals surface area contributed by atoms with Gasteiger partial charge in [-0.05, 0) is 71.0 Å². The van der Waals surface area contributed by atoms with Crippen LogP contribution in [0.4, 0.5) is 4.79 Å². The fraction of sp³-hybridized carbons (Fsp3) is 0.692. The lowest BCUT2D eigenvalue weighted by Gasteiger charge is -2.51. The second-order valence-corrected chi connectivity index (χ2v) is 10.7. The smallest absolute Gasteiger partial charge is 0.321 e. The summed E-state index contributed by atoms with van der Waals surface area (Å²) in [7, 11) is 4.33. The summed E-state index contributed by atoms with van der Waals surface area (Å²) in [6.45, 7) is 3.13. The standard InChI is InChI=1S/C26H40N4O3/c1-20(18-31)27-23(32)17-29-19-25(30(24(29)33)16-21-8-7-9-21)12-14-26(15-13-25,28(2)3)22-10-5-4-6-11-22/h4-6,10-11,20-21,31H,7-9,12-19H2,1-3H3,(H,27,32)/t20-,25-,26+/m1/s1. The van der Waals surface area contributed by atoms with Crippen LogP contribution in [-0.2, 0) is 10.3 Å². The summed E-state index contributed by atoms with van der Waals surface area (Å²) in [6.07, 6.45) is 7.48. The van der Waals surface area contributed by atoms with E-state index in [1.165, 1.54) is 24.8 Å². The number of rotatable bonds is 8. The van der Waals surface area contributed by atoms with E-state index in [-0.39, 0.29) is 42.2 Å². The van der Waals surface area contributed by atoms with Crippen LogP contribution in [0.1, 0.15) is 57.4 Å². The average molecular weight is 457 g/mol. The van der Waals surface area contributed by atoms with Crippen LogP contribution in [0, 0.1) is 5.92 Å². The van der Waals surface area contributed by atoms with Crippen molar-refractivity contribution >= 4 is 11.9 Å². The third kappa shape index (κ3) is 4.62. The highest BCUT2D eigenvalue weighted by atomic mass is 16.3. The van der Waals surface area contributed by atoms with E-state index in [2.05, 4.69) is 59.5 Å². The minimum Gasteiger partial charge on any atom is -0.394 e. The molecule has 3 aliphatic rings. The van der Waals surface area contributed by atoms with Crippen LogP contribution in [0.5, 0.6) is 0 Å². The maximum absolute atomic E-state index is 13.5. The van der Waals surface area contributed by atoms with E-state index in [1.54, 1.807) is 11.8 Å². The quantitative estimate of drug-likeness (QED) is 0.631. The Balaban J connectivity index is 1.54. The lowest BCUT2D eigenvalue weighted by molar-refractivity contribution is -0.122. The summed E-state index contributed by atoms with van der Waals surface area (Å²) >= 11 is 0. The highest BCUT2D eigenvalue weighted by Crippen LogP contribution is 2.49. The Morgan fingerprint density at radius 1 is 1.18 bits per heavy atom. The maximum Gasteiger partial charge on any atom is 0.321 e. The zero-order valence-corrected chi connectivity index (χ0v) is 20.4. The van der Waals surface area contributed by atoms with Gasteiger partial charge in [0.15, 0.2) is 0 Å². The van der Waals surface area contributed by atoms with Gasteiger partial charge in [0.1, 0.15) is 6.54 Å². The van der Waals surface area contributed by atoms with Crippen molar-refractivity contribution < 1.29 is 14.7 Å². The Kier molecular flexibility index (Phi) is 7.01. The van der Waals surface area contributed by atoms with E-state index in [1.807, 2.05) is 0 Å². The highest BCUT2D eigenvalue weighted by Gasteiger charge is 2.55. The maximum atomic E-state index is 13.5. The van der Waals surface area contributed by atoms with Crippen molar-refractivity contribution in [2.45, 2.75) is 69.0 Å². The van der Waals surface area contributed by atoms with E-state index in [4.69, 9.17) is 0 Å². The number of hydrogen-bond donors (Lipinski definition) is 2. The summed E-state index contributed by atoms with van der Waals surface area (Å²) in [4.78, 5) is 32.3. The lowest BCUT2D eigenvalue weighted by atomic mass is 9.68. The molecule has 1 aliphatic heterocycles. The SMILES string of the molecule is C[C@H](CO)NC(=O)CN1C[C@]2(CC[C@](c3ccccc3)(N(C)C)CC2)N(CC2CCC2)C1=O. The van der Waals surface area contributed by atoms with Crippen molar-refractivity contribution in [2.75, 3.05) is 40.3 Å². The second kappa shape index (κ2) is 9.63. The van der Waals surface area contributed by atoms with Crippen LogP contribution in [-0.4, -0.2) is 83.7 Å². The molecule has 1 aromatic carbocycles. The molecule has 3 amide bonds. The second-order valence-electron chi connectivity index (χ2n) is 10.7. The van der Waals surface area contributed by atoms with Crippen molar-refractivity contribution in [3.63, 3.8) is 0 Å². The number of amides is 3. The number of carbonyl (C=O) groups excluding carboxylic acids is 2. The van der Waals surface area contributed by atoms with Gasteiger partial charge >= 0.3 is 6.03 Å². The average Bonchev–Trinajstić information content (AvgIpc) is 3.02. The number of aliphatic hydroxyl groups is 1. The molecule has 0 radical (unpaired) electrons. The molecule has 0 aromatic heterocycles. The van der Waals surface area contributed by atoms with Crippen LogP contribution in [0.2, 0.25) is 0 Å². The number of carbonyl (C=O) groups is 2. The lowest BCUT2D eigenvalue weighted by Crippen LogP contribution is -2.56. The molecule has 2 saturated carbocycles. The van der Waals surface area contributed by atoms with Gasteiger partial charge in [0.25, 0.3) is 0 Å². The molecule has 4 rings (SSSR count). The Hall–Kier alpha value is -2.12. The van der Waals surface area contributed by atoms with Gasteiger partial charge in [-0.15, -0.1) is 0 Å². The minimum atomic E-state index is -0.309. The molecule has 0 unspecified atom stereocenters. The van der Waals surface area contributed by atoms with Gasteiger partial charge in [-0.1, -0.05) is 36.8 Å². The molecule has 1 aromatic rings. The molecule has 2 N–H and O–H groups in total. The van der Waals surface area contributed by atoms with Crippen LogP contribution >= 0.6 is 0 Å². The number of nitrogens with zero attached hydrogens (tertiary/aromatic N) is 3. The summed E-state index contributed by atoms with van der Waals surface area (Å²) in [5.41, 5.74) is 1.11. The van der Waals surface area contributed by atoms with Gasteiger partial charge in [-0.2, -0.15) is 0 Å². The van der Waals surface area contributed by atoms with E-state index < -0.39 is 0 Å². The van der Waals surface area contributed by atoms with Crippen molar-refractivity contribution in [3.8, 4) is 0 Å². The fourth-order valence-electron chi connectivity index (χ4n) is 6.05. The number of nitrogens with one attached hydrogen (secondary N) is 1. The Morgan fingerprint density at radius 2 is 1.85 bits per heavy atom. The van der Waals surface area contributed by atoms with E-state index in [9.17, 15) is 14.7 Å². The molecule has 33 heavy (non-hydrogen) atoms.